The van der Waals surface area contributed by atoms with Crippen LogP contribution in [0.3, 0.4) is 0 Å². The summed E-state index contributed by atoms with van der Waals surface area (Å²) in [5.41, 5.74) is 0. The van der Waals surface area contributed by atoms with Gasteiger partial charge in [-0.05, 0) is 19.8 Å². The SMILES string of the molecule is CCn1ccnc1CN(CC(=O)OC)C1CCCC1. The van der Waals surface area contributed by atoms with Crippen molar-refractivity contribution in [2.45, 2.75) is 51.7 Å². The number of rotatable bonds is 6. The van der Waals surface area contributed by atoms with E-state index in [0.717, 1.165) is 18.9 Å². The predicted octanol–water partition coefficient (Wildman–Crippen LogP) is 1.82. The van der Waals surface area contributed by atoms with Crippen LogP contribution in [0.15, 0.2) is 12.4 Å². The molecule has 0 aromatic carbocycles. The zero-order valence-corrected chi connectivity index (χ0v) is 11.8. The number of aryl methyl sites for hydroxylation is 1. The van der Waals surface area contributed by atoms with Gasteiger partial charge in [0.2, 0.25) is 0 Å². The molecule has 0 spiro atoms. The third kappa shape index (κ3) is 3.56. The van der Waals surface area contributed by atoms with Gasteiger partial charge in [-0.2, -0.15) is 0 Å². The lowest BCUT2D eigenvalue weighted by Crippen LogP contribution is -2.38. The summed E-state index contributed by atoms with van der Waals surface area (Å²) in [7, 11) is 1.45. The van der Waals surface area contributed by atoms with Crippen molar-refractivity contribution >= 4 is 5.97 Å². The minimum atomic E-state index is -0.165. The quantitative estimate of drug-likeness (QED) is 0.736. The summed E-state index contributed by atoms with van der Waals surface area (Å²) in [6.45, 7) is 4.09. The normalized spacial score (nSPS) is 16.2. The number of hydrogen-bond donors (Lipinski definition) is 0. The number of esters is 1. The van der Waals surface area contributed by atoms with Crippen LogP contribution in [-0.4, -0.2) is 40.1 Å². The Labute approximate surface area is 114 Å². The molecule has 1 aliphatic rings. The highest BCUT2D eigenvalue weighted by atomic mass is 16.5. The lowest BCUT2D eigenvalue weighted by Gasteiger charge is -2.27. The molecule has 2 rings (SSSR count). The molecular weight excluding hydrogens is 242 g/mol. The number of ether oxygens (including phenoxy) is 1. The van der Waals surface area contributed by atoms with Crippen LogP contribution in [0, 0.1) is 0 Å². The number of nitrogens with zero attached hydrogens (tertiary/aromatic N) is 3. The molecule has 1 saturated carbocycles. The molecule has 0 atom stereocenters. The predicted molar refractivity (Wildman–Crippen MR) is 72.6 cm³/mol. The number of methoxy groups -OCH3 is 1. The lowest BCUT2D eigenvalue weighted by molar-refractivity contribution is -0.142. The molecular formula is C14H23N3O2. The van der Waals surface area contributed by atoms with E-state index in [1.165, 1.54) is 32.8 Å². The molecule has 1 heterocycles. The summed E-state index contributed by atoms with van der Waals surface area (Å²) in [4.78, 5) is 18.2. The minimum Gasteiger partial charge on any atom is -0.468 e. The molecule has 0 aliphatic heterocycles. The van der Waals surface area contributed by atoms with Gasteiger partial charge in [0.15, 0.2) is 0 Å². The number of hydrogen-bond acceptors (Lipinski definition) is 4. The number of aromatic nitrogens is 2. The summed E-state index contributed by atoms with van der Waals surface area (Å²) in [5, 5.41) is 0. The van der Waals surface area contributed by atoms with Crippen molar-refractivity contribution in [2.24, 2.45) is 0 Å². The van der Waals surface area contributed by atoms with Crippen LogP contribution in [-0.2, 0) is 22.6 Å². The smallest absolute Gasteiger partial charge is 0.319 e. The Kier molecular flexibility index (Phi) is 4.96. The van der Waals surface area contributed by atoms with Crippen molar-refractivity contribution in [3.63, 3.8) is 0 Å². The van der Waals surface area contributed by atoms with Crippen LogP contribution in [0.4, 0.5) is 0 Å². The fourth-order valence-corrected chi connectivity index (χ4v) is 2.78. The number of carbonyl (C=O) groups is 1. The highest BCUT2D eigenvalue weighted by Gasteiger charge is 2.25. The van der Waals surface area contributed by atoms with Crippen molar-refractivity contribution in [1.82, 2.24) is 14.5 Å². The topological polar surface area (TPSA) is 47.4 Å². The van der Waals surface area contributed by atoms with Crippen LogP contribution < -0.4 is 0 Å². The van der Waals surface area contributed by atoms with Crippen LogP contribution in [0.25, 0.3) is 0 Å². The Bertz CT molecular complexity index is 411. The second-order valence-electron chi connectivity index (χ2n) is 5.05. The molecule has 0 N–H and O–H groups in total. The minimum absolute atomic E-state index is 0.165. The summed E-state index contributed by atoms with van der Waals surface area (Å²) < 4.78 is 6.93. The molecule has 0 radical (unpaired) electrons. The van der Waals surface area contributed by atoms with E-state index in [9.17, 15) is 4.79 Å². The van der Waals surface area contributed by atoms with Crippen molar-refractivity contribution in [2.75, 3.05) is 13.7 Å². The van der Waals surface area contributed by atoms with E-state index in [1.54, 1.807) is 0 Å². The fraction of sp³-hybridized carbons (Fsp3) is 0.714. The summed E-state index contributed by atoms with van der Waals surface area (Å²) >= 11 is 0. The maximum Gasteiger partial charge on any atom is 0.319 e. The maximum atomic E-state index is 11.6. The highest BCUT2D eigenvalue weighted by Crippen LogP contribution is 2.24. The van der Waals surface area contributed by atoms with Crippen molar-refractivity contribution < 1.29 is 9.53 Å². The standard InChI is InChI=1S/C14H23N3O2/c1-3-16-9-8-15-13(16)10-17(11-14(18)19-2)12-6-4-5-7-12/h8-9,12H,3-7,10-11H2,1-2H3. The Hall–Kier alpha value is -1.36. The molecule has 0 amide bonds. The lowest BCUT2D eigenvalue weighted by atomic mass is 10.2. The first kappa shape index (κ1) is 14.1. The first-order chi connectivity index (χ1) is 9.24. The Balaban J connectivity index is 2.06. The van der Waals surface area contributed by atoms with E-state index >= 15 is 0 Å². The van der Waals surface area contributed by atoms with Gasteiger partial charge >= 0.3 is 5.97 Å². The van der Waals surface area contributed by atoms with Gasteiger partial charge in [-0.3, -0.25) is 9.69 Å². The van der Waals surface area contributed by atoms with E-state index < -0.39 is 0 Å². The molecule has 5 nitrogen and oxygen atoms in total. The fourth-order valence-electron chi connectivity index (χ4n) is 2.78. The summed E-state index contributed by atoms with van der Waals surface area (Å²) in [6, 6.07) is 0.487. The van der Waals surface area contributed by atoms with Gasteiger partial charge in [0.25, 0.3) is 0 Å². The largest absolute Gasteiger partial charge is 0.468 e. The van der Waals surface area contributed by atoms with Crippen molar-refractivity contribution in [3.05, 3.63) is 18.2 Å². The number of carbonyl (C=O) groups excluding carboxylic acids is 1. The van der Waals surface area contributed by atoms with E-state index in [-0.39, 0.29) is 5.97 Å². The first-order valence-electron chi connectivity index (χ1n) is 7.05. The van der Waals surface area contributed by atoms with Gasteiger partial charge in [-0.1, -0.05) is 12.8 Å². The average Bonchev–Trinajstić information content (AvgIpc) is 3.08. The Morgan fingerprint density at radius 3 is 2.89 bits per heavy atom. The Morgan fingerprint density at radius 2 is 2.26 bits per heavy atom. The van der Waals surface area contributed by atoms with Crippen LogP contribution in [0.1, 0.15) is 38.4 Å². The van der Waals surface area contributed by atoms with Gasteiger partial charge < -0.3 is 9.30 Å². The summed E-state index contributed by atoms with van der Waals surface area (Å²) in [6.07, 6.45) is 8.66. The maximum absolute atomic E-state index is 11.6. The number of imidazole rings is 1. The third-order valence-corrected chi connectivity index (χ3v) is 3.89. The zero-order chi connectivity index (χ0) is 13.7. The van der Waals surface area contributed by atoms with Crippen molar-refractivity contribution in [3.8, 4) is 0 Å². The second-order valence-corrected chi connectivity index (χ2v) is 5.05. The molecule has 106 valence electrons. The van der Waals surface area contributed by atoms with E-state index in [2.05, 4.69) is 21.4 Å². The molecule has 1 fully saturated rings. The molecule has 1 aromatic rings. The molecule has 19 heavy (non-hydrogen) atoms. The zero-order valence-electron chi connectivity index (χ0n) is 11.8. The van der Waals surface area contributed by atoms with Crippen molar-refractivity contribution in [1.29, 1.82) is 0 Å². The van der Waals surface area contributed by atoms with E-state index in [4.69, 9.17) is 4.74 Å². The molecule has 0 bridgehead atoms. The van der Waals surface area contributed by atoms with Gasteiger partial charge in [0, 0.05) is 25.0 Å². The van der Waals surface area contributed by atoms with Gasteiger partial charge in [-0.25, -0.2) is 4.98 Å². The van der Waals surface area contributed by atoms with Gasteiger partial charge in [-0.15, -0.1) is 0 Å². The average molecular weight is 265 g/mol. The molecule has 1 aliphatic carbocycles. The molecule has 1 aromatic heterocycles. The Morgan fingerprint density at radius 1 is 1.53 bits per heavy atom. The van der Waals surface area contributed by atoms with E-state index in [0.29, 0.717) is 12.6 Å². The monoisotopic (exact) mass is 265 g/mol. The molecule has 5 heteroatoms. The summed E-state index contributed by atoms with van der Waals surface area (Å²) in [5.74, 6) is 0.861. The highest BCUT2D eigenvalue weighted by molar-refractivity contribution is 5.71. The second kappa shape index (κ2) is 6.70. The molecule has 0 unspecified atom stereocenters. The van der Waals surface area contributed by atoms with Gasteiger partial charge in [0.1, 0.15) is 5.82 Å². The molecule has 0 saturated heterocycles. The van der Waals surface area contributed by atoms with Crippen LogP contribution >= 0.6 is 0 Å². The van der Waals surface area contributed by atoms with E-state index in [1.807, 2.05) is 12.4 Å². The van der Waals surface area contributed by atoms with Crippen LogP contribution in [0.5, 0.6) is 0 Å². The van der Waals surface area contributed by atoms with Gasteiger partial charge in [0.05, 0.1) is 20.2 Å². The van der Waals surface area contributed by atoms with Crippen LogP contribution in [0.2, 0.25) is 0 Å². The first-order valence-corrected chi connectivity index (χ1v) is 7.05. The third-order valence-electron chi connectivity index (χ3n) is 3.89.